The zero-order valence-corrected chi connectivity index (χ0v) is 7.67. The summed E-state index contributed by atoms with van der Waals surface area (Å²) >= 11 is 0. The molecule has 2 N–H and O–H groups in total. The molecule has 1 aliphatic carbocycles. The minimum atomic E-state index is 0.418. The molecule has 1 saturated heterocycles. The van der Waals surface area contributed by atoms with Crippen LogP contribution in [0.25, 0.3) is 0 Å². The van der Waals surface area contributed by atoms with Gasteiger partial charge in [0.05, 0.1) is 6.10 Å². The van der Waals surface area contributed by atoms with Gasteiger partial charge < -0.3 is 10.5 Å². The first kappa shape index (κ1) is 8.52. The minimum Gasteiger partial charge on any atom is -0.378 e. The largest absolute Gasteiger partial charge is 0.378 e. The first-order valence-corrected chi connectivity index (χ1v) is 5.23. The smallest absolute Gasteiger partial charge is 0.0590 e. The lowest BCUT2D eigenvalue weighted by Crippen LogP contribution is -2.37. The van der Waals surface area contributed by atoms with Gasteiger partial charge in [0, 0.05) is 12.6 Å². The molecule has 0 spiro atoms. The van der Waals surface area contributed by atoms with Crippen LogP contribution in [0.5, 0.6) is 0 Å². The van der Waals surface area contributed by atoms with Crippen LogP contribution in [0, 0.1) is 5.92 Å². The van der Waals surface area contributed by atoms with Crippen molar-refractivity contribution in [3.63, 3.8) is 0 Å². The molecular weight excluding hydrogens is 150 g/mol. The summed E-state index contributed by atoms with van der Waals surface area (Å²) in [6, 6.07) is 0.418. The third-order valence-electron chi connectivity index (χ3n) is 3.31. The molecule has 2 rings (SSSR count). The predicted octanol–water partition coefficient (Wildman–Crippen LogP) is 1.68. The van der Waals surface area contributed by atoms with Crippen molar-refractivity contribution in [3.8, 4) is 0 Å². The zero-order chi connectivity index (χ0) is 8.39. The summed E-state index contributed by atoms with van der Waals surface area (Å²) in [7, 11) is 0. The van der Waals surface area contributed by atoms with Crippen LogP contribution in [0.15, 0.2) is 0 Å². The highest BCUT2D eigenvalue weighted by Gasteiger charge is 2.27. The van der Waals surface area contributed by atoms with Crippen LogP contribution in [0.3, 0.4) is 0 Å². The second kappa shape index (κ2) is 3.75. The van der Waals surface area contributed by atoms with Crippen LogP contribution in [-0.4, -0.2) is 18.8 Å². The molecular formula is C10H19NO. The molecule has 2 fully saturated rings. The fourth-order valence-electron chi connectivity index (χ4n) is 2.19. The Labute approximate surface area is 74.5 Å². The van der Waals surface area contributed by atoms with Crippen LogP contribution in [0.2, 0.25) is 0 Å². The highest BCUT2D eigenvalue weighted by atomic mass is 16.5. The van der Waals surface area contributed by atoms with Crippen LogP contribution in [-0.2, 0) is 4.74 Å². The van der Waals surface area contributed by atoms with Gasteiger partial charge in [-0.3, -0.25) is 0 Å². The van der Waals surface area contributed by atoms with Gasteiger partial charge in [-0.05, 0) is 38.0 Å². The summed E-state index contributed by atoms with van der Waals surface area (Å²) < 4.78 is 5.56. The van der Waals surface area contributed by atoms with Gasteiger partial charge in [0.2, 0.25) is 0 Å². The summed E-state index contributed by atoms with van der Waals surface area (Å²) in [5.74, 6) is 0.814. The van der Waals surface area contributed by atoms with Crippen LogP contribution < -0.4 is 5.73 Å². The Balaban J connectivity index is 1.69. The topological polar surface area (TPSA) is 35.2 Å². The van der Waals surface area contributed by atoms with Crippen molar-refractivity contribution >= 4 is 0 Å². The molecule has 0 amide bonds. The number of hydrogen-bond donors (Lipinski definition) is 1. The van der Waals surface area contributed by atoms with E-state index in [1.807, 2.05) is 0 Å². The molecule has 2 heteroatoms. The number of nitrogens with two attached hydrogens (primary N) is 1. The van der Waals surface area contributed by atoms with E-state index < -0.39 is 0 Å². The van der Waals surface area contributed by atoms with Crippen LogP contribution in [0.4, 0.5) is 0 Å². The summed E-state index contributed by atoms with van der Waals surface area (Å²) in [6.07, 6.45) is 8.17. The fourth-order valence-corrected chi connectivity index (χ4v) is 2.19. The van der Waals surface area contributed by atoms with E-state index in [4.69, 9.17) is 10.5 Å². The molecule has 2 aliphatic rings. The number of hydrogen-bond acceptors (Lipinski definition) is 2. The van der Waals surface area contributed by atoms with Crippen molar-refractivity contribution in [2.75, 3.05) is 6.61 Å². The van der Waals surface area contributed by atoms with E-state index in [0.29, 0.717) is 12.1 Å². The Hall–Kier alpha value is -0.0800. The average Bonchev–Trinajstić information content (AvgIpc) is 2.34. The summed E-state index contributed by atoms with van der Waals surface area (Å²) in [4.78, 5) is 0. The lowest BCUT2D eigenvalue weighted by molar-refractivity contribution is 0.0850. The quantitative estimate of drug-likeness (QED) is 0.697. The number of ether oxygens (including phenoxy) is 1. The third kappa shape index (κ3) is 1.80. The Bertz CT molecular complexity index is 139. The van der Waals surface area contributed by atoms with Crippen molar-refractivity contribution in [1.29, 1.82) is 0 Å². The van der Waals surface area contributed by atoms with E-state index >= 15 is 0 Å². The van der Waals surface area contributed by atoms with Crippen molar-refractivity contribution in [2.45, 2.75) is 50.7 Å². The maximum atomic E-state index is 6.08. The summed E-state index contributed by atoms with van der Waals surface area (Å²) in [5.41, 5.74) is 6.08. The molecule has 0 aromatic heterocycles. The van der Waals surface area contributed by atoms with Gasteiger partial charge >= 0.3 is 0 Å². The van der Waals surface area contributed by atoms with Crippen molar-refractivity contribution < 1.29 is 4.74 Å². The highest BCUT2D eigenvalue weighted by molar-refractivity contribution is 4.83. The molecule has 0 aromatic rings. The first-order chi connectivity index (χ1) is 5.86. The highest BCUT2D eigenvalue weighted by Crippen LogP contribution is 2.31. The SMILES string of the molecule is NC(CC1CCCO1)C1CCC1. The van der Waals surface area contributed by atoms with Gasteiger partial charge in [-0.1, -0.05) is 6.42 Å². The standard InChI is InChI=1S/C10H19NO/c11-10(8-3-1-4-8)7-9-5-2-6-12-9/h8-10H,1-7,11H2. The summed E-state index contributed by atoms with van der Waals surface area (Å²) in [6.45, 7) is 0.960. The lowest BCUT2D eigenvalue weighted by atomic mass is 9.78. The monoisotopic (exact) mass is 169 g/mol. The third-order valence-corrected chi connectivity index (χ3v) is 3.31. The van der Waals surface area contributed by atoms with Gasteiger partial charge in [-0.25, -0.2) is 0 Å². The molecule has 2 unspecified atom stereocenters. The van der Waals surface area contributed by atoms with Gasteiger partial charge in [0.1, 0.15) is 0 Å². The van der Waals surface area contributed by atoms with E-state index in [9.17, 15) is 0 Å². The minimum absolute atomic E-state index is 0.418. The van der Waals surface area contributed by atoms with Gasteiger partial charge in [-0.2, -0.15) is 0 Å². The second-order valence-electron chi connectivity index (χ2n) is 4.23. The molecule has 0 radical (unpaired) electrons. The van der Waals surface area contributed by atoms with E-state index in [1.54, 1.807) is 0 Å². The normalized spacial score (nSPS) is 33.2. The zero-order valence-electron chi connectivity index (χ0n) is 7.67. The van der Waals surface area contributed by atoms with Gasteiger partial charge in [-0.15, -0.1) is 0 Å². The first-order valence-electron chi connectivity index (χ1n) is 5.23. The summed E-state index contributed by atoms with van der Waals surface area (Å²) in [5, 5.41) is 0. The molecule has 1 saturated carbocycles. The molecule has 0 aromatic carbocycles. The van der Waals surface area contributed by atoms with E-state index in [-0.39, 0.29) is 0 Å². The molecule has 2 nitrogen and oxygen atoms in total. The molecule has 0 bridgehead atoms. The molecule has 12 heavy (non-hydrogen) atoms. The van der Waals surface area contributed by atoms with Crippen molar-refractivity contribution in [1.82, 2.24) is 0 Å². The molecule has 2 atom stereocenters. The van der Waals surface area contributed by atoms with E-state index in [1.165, 1.54) is 32.1 Å². The average molecular weight is 169 g/mol. The van der Waals surface area contributed by atoms with Gasteiger partial charge in [0.15, 0.2) is 0 Å². The van der Waals surface area contributed by atoms with E-state index in [2.05, 4.69) is 0 Å². The Morgan fingerprint density at radius 1 is 1.25 bits per heavy atom. The molecule has 1 heterocycles. The predicted molar refractivity (Wildman–Crippen MR) is 48.9 cm³/mol. The van der Waals surface area contributed by atoms with Gasteiger partial charge in [0.25, 0.3) is 0 Å². The Kier molecular flexibility index (Phi) is 2.66. The van der Waals surface area contributed by atoms with E-state index in [0.717, 1.165) is 18.9 Å². The Morgan fingerprint density at radius 3 is 2.58 bits per heavy atom. The fraction of sp³-hybridized carbons (Fsp3) is 1.00. The maximum Gasteiger partial charge on any atom is 0.0590 e. The second-order valence-corrected chi connectivity index (χ2v) is 4.23. The molecule has 70 valence electrons. The number of rotatable bonds is 3. The van der Waals surface area contributed by atoms with Crippen LogP contribution in [0.1, 0.15) is 38.5 Å². The lowest BCUT2D eigenvalue weighted by Gasteiger charge is -2.32. The Morgan fingerprint density at radius 2 is 2.08 bits per heavy atom. The maximum absolute atomic E-state index is 6.08. The van der Waals surface area contributed by atoms with Crippen LogP contribution >= 0.6 is 0 Å². The molecule has 1 aliphatic heterocycles. The van der Waals surface area contributed by atoms with Crippen molar-refractivity contribution in [2.24, 2.45) is 11.7 Å². The van der Waals surface area contributed by atoms with Crippen molar-refractivity contribution in [3.05, 3.63) is 0 Å².